The number of carbonyl (C=O) groups is 3. The van der Waals surface area contributed by atoms with Crippen LogP contribution >= 0.6 is 0 Å². The molecule has 1 unspecified atom stereocenters. The van der Waals surface area contributed by atoms with Crippen LogP contribution in [0.1, 0.15) is 44.6 Å². The molecule has 1 atom stereocenters. The molecule has 2 aliphatic rings. The summed E-state index contributed by atoms with van der Waals surface area (Å²) in [5.74, 6) is -1.56. The van der Waals surface area contributed by atoms with Crippen LogP contribution in [0.4, 0.5) is 8.78 Å². The lowest BCUT2D eigenvalue weighted by Crippen LogP contribution is -2.28. The molecule has 4 heterocycles. The number of hydrogen-bond donors (Lipinski definition) is 2. The Bertz CT molecular complexity index is 1690. The summed E-state index contributed by atoms with van der Waals surface area (Å²) in [4.78, 5) is 41.5. The zero-order valence-corrected chi connectivity index (χ0v) is 20.3. The van der Waals surface area contributed by atoms with E-state index < -0.39 is 23.7 Å². The van der Waals surface area contributed by atoms with Gasteiger partial charge in [-0.3, -0.25) is 14.4 Å². The van der Waals surface area contributed by atoms with Gasteiger partial charge in [-0.15, -0.1) is 0 Å². The number of nitrogens with one attached hydrogen (secondary N) is 2. The van der Waals surface area contributed by atoms with Gasteiger partial charge in [0.05, 0.1) is 12.6 Å². The number of hydrogen-bond acceptors (Lipinski definition) is 8. The highest BCUT2D eigenvalue weighted by Crippen LogP contribution is 2.40. The topological polar surface area (TPSA) is 133 Å². The van der Waals surface area contributed by atoms with Gasteiger partial charge in [0.1, 0.15) is 17.1 Å². The fraction of sp³-hybridized carbons (Fsp3) is 0.192. The van der Waals surface area contributed by atoms with Gasteiger partial charge in [-0.25, -0.2) is 13.9 Å². The first kappa shape index (κ1) is 24.3. The molecule has 6 rings (SSSR count). The molecule has 4 aromatic rings. The van der Waals surface area contributed by atoms with Crippen molar-refractivity contribution in [1.82, 2.24) is 25.2 Å². The van der Waals surface area contributed by atoms with E-state index in [1.54, 1.807) is 24.3 Å². The van der Waals surface area contributed by atoms with Gasteiger partial charge >= 0.3 is 12.0 Å². The number of benzene rings is 2. The minimum absolute atomic E-state index is 0.0120. The van der Waals surface area contributed by atoms with Crippen molar-refractivity contribution in [3.8, 4) is 17.2 Å². The van der Waals surface area contributed by atoms with Gasteiger partial charge in [0.2, 0.25) is 0 Å². The molecule has 198 valence electrons. The normalized spacial score (nSPS) is 17.2. The molecule has 2 aliphatic heterocycles. The van der Waals surface area contributed by atoms with Gasteiger partial charge < -0.3 is 24.8 Å². The Balaban J connectivity index is 1.18. The van der Waals surface area contributed by atoms with E-state index in [9.17, 15) is 23.2 Å². The predicted molar refractivity (Wildman–Crippen MR) is 128 cm³/mol. The summed E-state index contributed by atoms with van der Waals surface area (Å²) in [6.07, 6.45) is 1.04. The van der Waals surface area contributed by atoms with Gasteiger partial charge in [-0.1, -0.05) is 12.1 Å². The fourth-order valence-electron chi connectivity index (χ4n) is 4.29. The molecule has 0 saturated carbocycles. The third kappa shape index (κ3) is 4.69. The number of aromatic nitrogens is 3. The smallest absolute Gasteiger partial charge is 0.404 e. The van der Waals surface area contributed by atoms with Crippen molar-refractivity contribution in [2.45, 2.75) is 32.5 Å². The minimum atomic E-state index is -2.28. The molecule has 13 heteroatoms. The highest BCUT2D eigenvalue weighted by molar-refractivity contribution is 5.98. The van der Waals surface area contributed by atoms with Crippen molar-refractivity contribution in [3.63, 3.8) is 0 Å². The van der Waals surface area contributed by atoms with Crippen molar-refractivity contribution in [2.24, 2.45) is 0 Å². The third-order valence-electron chi connectivity index (χ3n) is 6.08. The number of rotatable bonds is 6. The Hall–Kier alpha value is -5.07. The summed E-state index contributed by atoms with van der Waals surface area (Å²) in [6.45, 7) is 1.24. The maximum absolute atomic E-state index is 14.4. The number of esters is 1. The summed E-state index contributed by atoms with van der Waals surface area (Å²) < 4.78 is 44.5. The molecular weight excluding hydrogens is 516 g/mol. The Morgan fingerprint density at radius 2 is 1.69 bits per heavy atom. The first-order chi connectivity index (χ1) is 18.6. The van der Waals surface area contributed by atoms with Gasteiger partial charge in [-0.2, -0.15) is 9.49 Å². The van der Waals surface area contributed by atoms with Gasteiger partial charge in [0.15, 0.2) is 23.0 Å². The first-order valence-corrected chi connectivity index (χ1v) is 11.8. The van der Waals surface area contributed by atoms with E-state index in [4.69, 9.17) is 14.2 Å². The average molecular weight is 535 g/mol. The summed E-state index contributed by atoms with van der Waals surface area (Å²) in [7, 11) is 0. The second-order valence-electron chi connectivity index (χ2n) is 9.03. The summed E-state index contributed by atoms with van der Waals surface area (Å²) >= 11 is 0. The molecular formula is C26H19F2N5O6. The Kier molecular flexibility index (Phi) is 5.63. The highest BCUT2D eigenvalue weighted by Gasteiger charge is 2.36. The summed E-state index contributed by atoms with van der Waals surface area (Å²) in [5, 5.41) is 9.21. The molecule has 2 N–H and O–H groups in total. The van der Waals surface area contributed by atoms with Gasteiger partial charge in [0.25, 0.3) is 11.8 Å². The maximum Gasteiger partial charge on any atom is 0.404 e. The molecule has 0 fully saturated rings. The van der Waals surface area contributed by atoms with E-state index in [0.717, 1.165) is 17.6 Å². The number of fused-ring (bicyclic) bond motifs is 3. The number of ether oxygens (including phenoxy) is 3. The van der Waals surface area contributed by atoms with Crippen LogP contribution in [0.25, 0.3) is 5.65 Å². The van der Waals surface area contributed by atoms with Crippen molar-refractivity contribution in [1.29, 1.82) is 0 Å². The van der Waals surface area contributed by atoms with Crippen LogP contribution in [0, 0.1) is 5.82 Å². The van der Waals surface area contributed by atoms with E-state index in [1.807, 2.05) is 0 Å². The van der Waals surface area contributed by atoms with Gasteiger partial charge in [-0.05, 0) is 35.4 Å². The van der Waals surface area contributed by atoms with Crippen LogP contribution in [0.15, 0.2) is 48.7 Å². The van der Waals surface area contributed by atoms with Crippen LogP contribution < -0.4 is 24.8 Å². The predicted octanol–water partition coefficient (Wildman–Crippen LogP) is 2.60. The summed E-state index contributed by atoms with van der Waals surface area (Å²) in [5.41, 5.74) is 1.39. The largest absolute Gasteiger partial charge is 0.426 e. The number of halogens is 2. The zero-order valence-electron chi connectivity index (χ0n) is 20.3. The molecule has 0 bridgehead atoms. The standard InChI is InChI=1S/C26H19F2N5O6/c1-26(28)38-20-5-3-14(7-21(20)39-26)11-30-25(36)18-9-17(32-23-16(27)12-31-33(18)23)24(35)29-10-13-2-4-19-15(6-13)8-22(34)37-19/h2-7,9,12H,8,10-11H2,1H3,(H,29,35)(H,30,36). The van der Waals surface area contributed by atoms with Crippen LogP contribution in [-0.2, 0) is 24.3 Å². The zero-order chi connectivity index (χ0) is 27.3. The van der Waals surface area contributed by atoms with Crippen LogP contribution in [0.3, 0.4) is 0 Å². The lowest BCUT2D eigenvalue weighted by Gasteiger charge is -2.11. The highest BCUT2D eigenvalue weighted by atomic mass is 19.2. The van der Waals surface area contributed by atoms with E-state index in [-0.39, 0.29) is 54.0 Å². The first-order valence-electron chi connectivity index (χ1n) is 11.8. The lowest BCUT2D eigenvalue weighted by atomic mass is 10.1. The number of carbonyl (C=O) groups excluding carboxylic acids is 3. The quantitative estimate of drug-likeness (QED) is 0.284. The Morgan fingerprint density at radius 1 is 1.00 bits per heavy atom. The fourth-order valence-corrected chi connectivity index (χ4v) is 4.29. The SMILES string of the molecule is CC1(F)Oc2ccc(CNC(=O)c3cc(C(=O)NCc4ccc5c(c4)CC(=O)O5)nc4c(F)cnn34)cc2O1. The van der Waals surface area contributed by atoms with E-state index in [0.29, 0.717) is 22.4 Å². The minimum Gasteiger partial charge on any atom is -0.426 e. The Morgan fingerprint density at radius 3 is 2.49 bits per heavy atom. The monoisotopic (exact) mass is 535 g/mol. The van der Waals surface area contributed by atoms with Crippen molar-refractivity contribution < 1.29 is 37.4 Å². The molecule has 39 heavy (non-hydrogen) atoms. The molecule has 2 aromatic carbocycles. The Labute approximate surface area is 218 Å². The van der Waals surface area contributed by atoms with E-state index in [2.05, 4.69) is 20.7 Å². The second-order valence-corrected chi connectivity index (χ2v) is 9.03. The van der Waals surface area contributed by atoms with Crippen LogP contribution in [-0.4, -0.2) is 38.4 Å². The van der Waals surface area contributed by atoms with E-state index in [1.165, 1.54) is 18.2 Å². The molecule has 11 nitrogen and oxygen atoms in total. The van der Waals surface area contributed by atoms with Crippen molar-refractivity contribution in [3.05, 3.63) is 82.6 Å². The van der Waals surface area contributed by atoms with Crippen molar-refractivity contribution >= 4 is 23.4 Å². The molecule has 0 aliphatic carbocycles. The molecule has 0 radical (unpaired) electrons. The maximum atomic E-state index is 14.4. The van der Waals surface area contributed by atoms with Crippen molar-refractivity contribution in [2.75, 3.05) is 0 Å². The molecule has 2 aromatic heterocycles. The number of amides is 2. The van der Waals surface area contributed by atoms with Crippen LogP contribution in [0.2, 0.25) is 0 Å². The lowest BCUT2D eigenvalue weighted by molar-refractivity contribution is -0.173. The van der Waals surface area contributed by atoms with Crippen LogP contribution in [0.5, 0.6) is 17.2 Å². The molecule has 0 saturated heterocycles. The number of alkyl halides is 1. The second kappa shape index (κ2) is 9.04. The summed E-state index contributed by atoms with van der Waals surface area (Å²) in [6, 6.07) is 8.69. The average Bonchev–Trinajstić information content (AvgIpc) is 3.56. The number of nitrogens with zero attached hydrogens (tertiary/aromatic N) is 3. The van der Waals surface area contributed by atoms with E-state index >= 15 is 0 Å². The molecule has 2 amide bonds. The third-order valence-corrected chi connectivity index (χ3v) is 6.08. The van der Waals surface area contributed by atoms with Gasteiger partial charge in [0, 0.05) is 31.6 Å². The molecule has 0 spiro atoms.